The number of ether oxygens (including phenoxy) is 6. The summed E-state index contributed by atoms with van der Waals surface area (Å²) in [6.45, 7) is 7.53. The number of aliphatic hydroxyl groups excluding tert-OH is 1. The molecule has 0 bridgehead atoms. The van der Waals surface area contributed by atoms with E-state index in [0.717, 1.165) is 135 Å². The van der Waals surface area contributed by atoms with Gasteiger partial charge in [0.05, 0.1) is 6.61 Å². The minimum absolute atomic E-state index is 0.00325. The Labute approximate surface area is 562 Å². The fourth-order valence-electron chi connectivity index (χ4n) is 12.2. The van der Waals surface area contributed by atoms with Crippen LogP contribution in [0.1, 0.15) is 387 Å². The number of hydrogen-bond acceptors (Lipinski definition) is 14. The summed E-state index contributed by atoms with van der Waals surface area (Å²) in [6.07, 6.45) is 52.3. The number of aliphatic hydroxyl groups is 1. The van der Waals surface area contributed by atoms with Crippen LogP contribution >= 0.6 is 0 Å². The largest absolute Gasteiger partial charge is 0.462 e. The zero-order chi connectivity index (χ0) is 67.2. The van der Waals surface area contributed by atoms with Crippen LogP contribution in [-0.4, -0.2) is 104 Å². The van der Waals surface area contributed by atoms with Crippen molar-refractivity contribution in [1.29, 1.82) is 0 Å². The van der Waals surface area contributed by atoms with Gasteiger partial charge in [-0.3, -0.25) is 23.7 Å². The summed E-state index contributed by atoms with van der Waals surface area (Å²) in [4.78, 5) is 65.3. The van der Waals surface area contributed by atoms with E-state index in [1.54, 1.807) is 6.92 Å². The predicted octanol–water partition coefficient (Wildman–Crippen LogP) is 20.3. The molecule has 15 nitrogen and oxygen atoms in total. The van der Waals surface area contributed by atoms with E-state index in [2.05, 4.69) is 32.9 Å². The summed E-state index contributed by atoms with van der Waals surface area (Å²) in [5.74, 6) is -3.14. The Kier molecular flexibility index (Phi) is 59.5. The molecule has 0 saturated carbocycles. The Bertz CT molecular complexity index is 1890. The van der Waals surface area contributed by atoms with Crippen LogP contribution in [0.3, 0.4) is 0 Å². The van der Waals surface area contributed by atoms with Crippen molar-refractivity contribution < 1.29 is 70.5 Å². The van der Waals surface area contributed by atoms with Gasteiger partial charge in [-0.1, -0.05) is 303 Å². The van der Waals surface area contributed by atoms with Gasteiger partial charge < -0.3 is 38.3 Å². The lowest BCUT2D eigenvalue weighted by atomic mass is 9.99. The molecule has 92 heavy (non-hydrogen) atoms. The molecule has 0 aliphatic carbocycles. The van der Waals surface area contributed by atoms with Crippen molar-refractivity contribution in [2.45, 2.75) is 424 Å². The monoisotopic (exact) mass is 1320 g/mol. The van der Waals surface area contributed by atoms with Crippen LogP contribution in [0.2, 0.25) is 0 Å². The molecule has 0 radical (unpaired) electrons. The summed E-state index contributed by atoms with van der Waals surface area (Å²) in [5, 5.41) is 11.7. The summed E-state index contributed by atoms with van der Waals surface area (Å²) in [7, 11) is -4.78. The number of hydrogen-bond donors (Lipinski definition) is 2. The standard InChI is InChI=1S/C76H140O15S/c1-5-8-11-14-17-20-23-28-35-40-45-50-55-60-70(79)88-67(63-86-69(78)59-54-49-44-39-34-32-27-26-31-33-38-43-48-53-58-66(4)77)64-87-76-75(91-72(81)62-57-52-47-42-37-30-25-22-19-16-13-10-7-3)74(73(82)68(89-76)65-92(83,84)85)90-71(80)61-56-51-46-41-36-29-24-21-18-15-12-9-6-2/h26-27,67-68,73-76,82H,5-25,28-65H2,1-4H3,(H,83,84,85)/b27-26-/t67-,68-,73-,74+,75-,76+/m1/s1. The molecule has 6 atom stereocenters. The number of allylic oxidation sites excluding steroid dienone is 2. The van der Waals surface area contributed by atoms with Crippen molar-refractivity contribution in [2.75, 3.05) is 19.0 Å². The highest BCUT2D eigenvalue weighted by Gasteiger charge is 2.51. The molecule has 16 heteroatoms. The number of unbranched alkanes of at least 4 members (excludes halogenated alkanes) is 46. The Morgan fingerprint density at radius 2 is 0.707 bits per heavy atom. The Balaban J connectivity index is 3.12. The molecule has 1 saturated heterocycles. The van der Waals surface area contributed by atoms with E-state index in [1.807, 2.05) is 0 Å². The second-order valence-electron chi connectivity index (χ2n) is 27.1. The van der Waals surface area contributed by atoms with Gasteiger partial charge in [0.15, 0.2) is 24.6 Å². The van der Waals surface area contributed by atoms with Crippen LogP contribution in [0.25, 0.3) is 0 Å². The number of esters is 4. The van der Waals surface area contributed by atoms with Gasteiger partial charge in [-0.25, -0.2) is 0 Å². The van der Waals surface area contributed by atoms with Crippen LogP contribution in [-0.2, 0) is 62.5 Å². The zero-order valence-electron chi connectivity index (χ0n) is 59.4. The van der Waals surface area contributed by atoms with Crippen molar-refractivity contribution in [3.63, 3.8) is 0 Å². The number of ketones is 1. The molecule has 2 N–H and O–H groups in total. The van der Waals surface area contributed by atoms with Crippen molar-refractivity contribution >= 4 is 39.8 Å². The van der Waals surface area contributed by atoms with E-state index in [4.69, 9.17) is 28.4 Å². The molecule has 0 amide bonds. The molecule has 1 aliphatic heterocycles. The highest BCUT2D eigenvalue weighted by Crippen LogP contribution is 2.30. The van der Waals surface area contributed by atoms with Crippen molar-refractivity contribution in [1.82, 2.24) is 0 Å². The SMILES string of the molecule is CCCCCCCCCCCCCCCC(=O)O[C@H](COC(=O)CCCCCCC/C=C\CCCCCCCC(C)=O)CO[C@H]1O[C@H](CS(=O)(=O)O)[C@@H](O)[C@H](OC(=O)CCCCCCCCCCCCCCC)[C@H]1OC(=O)CCCCCCCCCCCCCCC. The van der Waals surface area contributed by atoms with Crippen molar-refractivity contribution in [2.24, 2.45) is 0 Å². The summed E-state index contributed by atoms with van der Waals surface area (Å²) < 4.78 is 70.8. The predicted molar refractivity (Wildman–Crippen MR) is 373 cm³/mol. The molecule has 0 spiro atoms. The number of Topliss-reactive ketones (excluding diaryl/α,β-unsaturated/α-hetero) is 1. The molecular formula is C76H140O15S. The third-order valence-electron chi connectivity index (χ3n) is 18.0. The van der Waals surface area contributed by atoms with Gasteiger partial charge in [0.2, 0.25) is 0 Å². The second kappa shape index (κ2) is 62.9. The Hall–Kier alpha value is -2.92. The number of rotatable bonds is 68. The van der Waals surface area contributed by atoms with Gasteiger partial charge in [0.25, 0.3) is 10.1 Å². The van der Waals surface area contributed by atoms with Gasteiger partial charge in [0.1, 0.15) is 30.4 Å². The van der Waals surface area contributed by atoms with E-state index >= 15 is 0 Å². The molecule has 1 heterocycles. The van der Waals surface area contributed by atoms with E-state index in [9.17, 15) is 42.0 Å². The van der Waals surface area contributed by atoms with Crippen LogP contribution in [0.15, 0.2) is 12.2 Å². The van der Waals surface area contributed by atoms with E-state index in [0.29, 0.717) is 32.1 Å². The van der Waals surface area contributed by atoms with Crippen LogP contribution in [0.5, 0.6) is 0 Å². The molecule has 540 valence electrons. The molecule has 1 aliphatic rings. The quantitative estimate of drug-likeness (QED) is 0.0190. The topological polar surface area (TPSA) is 215 Å². The minimum Gasteiger partial charge on any atom is -0.462 e. The molecule has 0 aromatic carbocycles. The van der Waals surface area contributed by atoms with Crippen LogP contribution in [0.4, 0.5) is 0 Å². The third-order valence-corrected chi connectivity index (χ3v) is 18.7. The summed E-state index contributed by atoms with van der Waals surface area (Å²) >= 11 is 0. The lowest BCUT2D eigenvalue weighted by Crippen LogP contribution is -2.62. The van der Waals surface area contributed by atoms with Gasteiger partial charge >= 0.3 is 23.9 Å². The first kappa shape index (κ1) is 87.1. The van der Waals surface area contributed by atoms with Gasteiger partial charge in [-0.15, -0.1) is 0 Å². The van der Waals surface area contributed by atoms with E-state index in [1.165, 1.54) is 167 Å². The highest BCUT2D eigenvalue weighted by molar-refractivity contribution is 7.85. The van der Waals surface area contributed by atoms with Gasteiger partial charge in [-0.05, 0) is 64.7 Å². The molecule has 0 aromatic heterocycles. The van der Waals surface area contributed by atoms with E-state index in [-0.39, 0.29) is 38.1 Å². The molecule has 1 rings (SSSR count). The van der Waals surface area contributed by atoms with Gasteiger partial charge in [-0.2, -0.15) is 8.42 Å². The minimum atomic E-state index is -4.78. The second-order valence-corrected chi connectivity index (χ2v) is 28.6. The maximum atomic E-state index is 13.8. The first-order valence-electron chi connectivity index (χ1n) is 38.5. The van der Waals surface area contributed by atoms with Crippen LogP contribution in [0, 0.1) is 0 Å². The molecule has 0 unspecified atom stereocenters. The smallest absolute Gasteiger partial charge is 0.306 e. The number of carbonyl (C=O) groups excluding carboxylic acids is 5. The fourth-order valence-corrected chi connectivity index (χ4v) is 12.9. The highest BCUT2D eigenvalue weighted by atomic mass is 32.2. The van der Waals surface area contributed by atoms with Crippen molar-refractivity contribution in [3.8, 4) is 0 Å². The first-order chi connectivity index (χ1) is 44.7. The normalized spacial score (nSPS) is 17.1. The average Bonchev–Trinajstić information content (AvgIpc) is 0.798. The average molecular weight is 1330 g/mol. The Morgan fingerprint density at radius 3 is 1.05 bits per heavy atom. The maximum Gasteiger partial charge on any atom is 0.306 e. The van der Waals surface area contributed by atoms with Gasteiger partial charge in [0, 0.05) is 32.1 Å². The molecule has 1 fully saturated rings. The fraction of sp³-hybridized carbons (Fsp3) is 0.908. The lowest BCUT2D eigenvalue weighted by molar-refractivity contribution is -0.302. The summed E-state index contributed by atoms with van der Waals surface area (Å²) in [6, 6.07) is 0. The first-order valence-corrected chi connectivity index (χ1v) is 40.1. The molecule has 0 aromatic rings. The lowest BCUT2D eigenvalue weighted by Gasteiger charge is -2.43. The van der Waals surface area contributed by atoms with Crippen molar-refractivity contribution in [3.05, 3.63) is 12.2 Å². The van der Waals surface area contributed by atoms with E-state index < -0.39 is 83.2 Å². The Morgan fingerprint density at radius 1 is 0.402 bits per heavy atom. The molecular weight excluding hydrogens is 1180 g/mol. The number of carbonyl (C=O) groups is 5. The third kappa shape index (κ3) is 55.2. The zero-order valence-corrected chi connectivity index (χ0v) is 60.3. The summed E-state index contributed by atoms with van der Waals surface area (Å²) in [5.41, 5.74) is 0. The van der Waals surface area contributed by atoms with Crippen LogP contribution < -0.4 is 0 Å². The maximum absolute atomic E-state index is 13.8.